The smallest absolute Gasteiger partial charge is 0.167 e. The van der Waals surface area contributed by atoms with E-state index < -0.39 is 5.82 Å². The van der Waals surface area contributed by atoms with E-state index in [0.717, 1.165) is 6.07 Å². The van der Waals surface area contributed by atoms with Gasteiger partial charge in [0, 0.05) is 6.42 Å². The van der Waals surface area contributed by atoms with Gasteiger partial charge < -0.3 is 10.5 Å². The van der Waals surface area contributed by atoms with E-state index in [-0.39, 0.29) is 35.1 Å². The molecule has 0 saturated carbocycles. The summed E-state index contributed by atoms with van der Waals surface area (Å²) in [5, 5.41) is -0.180. The van der Waals surface area contributed by atoms with E-state index in [0.29, 0.717) is 0 Å². The number of halogens is 2. The first-order chi connectivity index (χ1) is 7.11. The summed E-state index contributed by atoms with van der Waals surface area (Å²) in [5.41, 5.74) is 5.52. The minimum atomic E-state index is -0.613. The predicted octanol–water partition coefficient (Wildman–Crippen LogP) is 2.02. The quantitative estimate of drug-likeness (QED) is 0.807. The van der Waals surface area contributed by atoms with Gasteiger partial charge in [-0.25, -0.2) is 4.39 Å². The molecule has 0 unspecified atom stereocenters. The molecule has 1 aromatic carbocycles. The average Bonchev–Trinajstić information content (AvgIpc) is 2.22. The highest BCUT2D eigenvalue weighted by Crippen LogP contribution is 2.31. The molecule has 0 fully saturated rings. The zero-order valence-corrected chi connectivity index (χ0v) is 8.97. The molecule has 0 atom stereocenters. The average molecular weight is 232 g/mol. The van der Waals surface area contributed by atoms with E-state index >= 15 is 0 Å². The van der Waals surface area contributed by atoms with E-state index in [9.17, 15) is 9.18 Å². The zero-order valence-electron chi connectivity index (χ0n) is 8.22. The number of nitrogens with two attached hydrogens (primary N) is 1. The maximum absolute atomic E-state index is 13.0. The molecule has 0 saturated heterocycles. The van der Waals surface area contributed by atoms with Crippen molar-refractivity contribution in [2.24, 2.45) is 5.73 Å². The number of carbonyl (C=O) groups excluding carboxylic acids is 1. The van der Waals surface area contributed by atoms with E-state index in [1.165, 1.54) is 13.2 Å². The zero-order chi connectivity index (χ0) is 11.4. The molecule has 0 spiro atoms. The van der Waals surface area contributed by atoms with E-state index in [4.69, 9.17) is 22.1 Å². The van der Waals surface area contributed by atoms with Crippen molar-refractivity contribution in [1.82, 2.24) is 0 Å². The number of hydrogen-bond donors (Lipinski definition) is 1. The van der Waals surface area contributed by atoms with E-state index in [1.54, 1.807) is 0 Å². The van der Waals surface area contributed by atoms with Gasteiger partial charge in [0.15, 0.2) is 11.5 Å². The summed E-state index contributed by atoms with van der Waals surface area (Å²) in [6.45, 7) is 0.233. The van der Waals surface area contributed by atoms with Crippen molar-refractivity contribution in [3.05, 3.63) is 28.5 Å². The summed E-state index contributed by atoms with van der Waals surface area (Å²) in [6, 6.07) is 2.48. The predicted molar refractivity (Wildman–Crippen MR) is 56.0 cm³/mol. The molecule has 3 nitrogen and oxygen atoms in total. The maximum Gasteiger partial charge on any atom is 0.167 e. The Labute approximate surface area is 92.0 Å². The SMILES string of the molecule is COc1c(C(=O)CCN)ccc(F)c1Cl. The Morgan fingerprint density at radius 2 is 2.27 bits per heavy atom. The molecule has 0 amide bonds. The normalized spacial score (nSPS) is 10.1. The van der Waals surface area contributed by atoms with Crippen LogP contribution in [0.4, 0.5) is 4.39 Å². The van der Waals surface area contributed by atoms with E-state index in [1.807, 2.05) is 0 Å². The Balaban J connectivity index is 3.18. The van der Waals surface area contributed by atoms with E-state index in [2.05, 4.69) is 0 Å². The van der Waals surface area contributed by atoms with Crippen LogP contribution in [0.2, 0.25) is 5.02 Å². The molecule has 0 bridgehead atoms. The molecule has 0 aromatic heterocycles. The summed E-state index contributed by atoms with van der Waals surface area (Å²) >= 11 is 5.66. The van der Waals surface area contributed by atoms with Gasteiger partial charge in [0.2, 0.25) is 0 Å². The van der Waals surface area contributed by atoms with Crippen LogP contribution in [-0.2, 0) is 0 Å². The molecule has 2 N–H and O–H groups in total. The van der Waals surface area contributed by atoms with Gasteiger partial charge in [-0.2, -0.15) is 0 Å². The summed E-state index contributed by atoms with van der Waals surface area (Å²) in [7, 11) is 1.33. The lowest BCUT2D eigenvalue weighted by Gasteiger charge is -2.09. The molecular weight excluding hydrogens is 221 g/mol. The monoisotopic (exact) mass is 231 g/mol. The van der Waals surface area contributed by atoms with Crippen LogP contribution in [0.1, 0.15) is 16.8 Å². The largest absolute Gasteiger partial charge is 0.494 e. The van der Waals surface area contributed by atoms with Crippen LogP contribution >= 0.6 is 11.6 Å². The number of ether oxygens (including phenoxy) is 1. The fraction of sp³-hybridized carbons (Fsp3) is 0.300. The van der Waals surface area contributed by atoms with Crippen LogP contribution in [0.25, 0.3) is 0 Å². The van der Waals surface area contributed by atoms with Crippen molar-refractivity contribution in [3.8, 4) is 5.75 Å². The van der Waals surface area contributed by atoms with Gasteiger partial charge >= 0.3 is 0 Å². The summed E-state index contributed by atoms with van der Waals surface area (Å²) in [5.74, 6) is -0.760. The van der Waals surface area contributed by atoms with Gasteiger partial charge in [-0.3, -0.25) is 4.79 Å². The van der Waals surface area contributed by atoms with Crippen LogP contribution in [-0.4, -0.2) is 19.4 Å². The van der Waals surface area contributed by atoms with Gasteiger partial charge in [-0.15, -0.1) is 0 Å². The Bertz CT molecular complexity index is 382. The van der Waals surface area contributed by atoms with Crippen LogP contribution in [0.15, 0.2) is 12.1 Å². The molecule has 1 rings (SSSR count). The van der Waals surface area contributed by atoms with Crippen molar-refractivity contribution < 1.29 is 13.9 Å². The molecular formula is C10H11ClFNO2. The van der Waals surface area contributed by atoms with Crippen molar-refractivity contribution >= 4 is 17.4 Å². The molecule has 0 aliphatic heterocycles. The Kier molecular flexibility index (Phi) is 4.05. The second-order valence-corrected chi connectivity index (χ2v) is 3.28. The van der Waals surface area contributed by atoms with Crippen molar-refractivity contribution in [2.45, 2.75) is 6.42 Å². The topological polar surface area (TPSA) is 52.3 Å². The highest BCUT2D eigenvalue weighted by molar-refractivity contribution is 6.32. The second kappa shape index (κ2) is 5.09. The minimum Gasteiger partial charge on any atom is -0.494 e. The lowest BCUT2D eigenvalue weighted by atomic mass is 10.1. The fourth-order valence-electron chi connectivity index (χ4n) is 1.22. The number of rotatable bonds is 4. The number of ketones is 1. The van der Waals surface area contributed by atoms with Gasteiger partial charge in [0.05, 0.1) is 12.7 Å². The molecule has 15 heavy (non-hydrogen) atoms. The Morgan fingerprint density at radius 1 is 1.60 bits per heavy atom. The maximum atomic E-state index is 13.0. The molecule has 5 heteroatoms. The van der Waals surface area contributed by atoms with Gasteiger partial charge in [-0.05, 0) is 18.7 Å². The molecule has 82 valence electrons. The molecule has 0 aliphatic carbocycles. The van der Waals surface area contributed by atoms with Crippen LogP contribution in [0.3, 0.4) is 0 Å². The number of methoxy groups -OCH3 is 1. The van der Waals surface area contributed by atoms with Crippen molar-refractivity contribution in [3.63, 3.8) is 0 Å². The summed E-state index contributed by atoms with van der Waals surface area (Å²) in [6.07, 6.45) is 0.179. The first-order valence-electron chi connectivity index (χ1n) is 4.37. The van der Waals surface area contributed by atoms with Crippen molar-refractivity contribution in [1.29, 1.82) is 0 Å². The van der Waals surface area contributed by atoms with Crippen LogP contribution in [0, 0.1) is 5.82 Å². The van der Waals surface area contributed by atoms with Crippen LogP contribution in [0.5, 0.6) is 5.75 Å². The first-order valence-corrected chi connectivity index (χ1v) is 4.74. The van der Waals surface area contributed by atoms with Crippen molar-refractivity contribution in [2.75, 3.05) is 13.7 Å². The molecule has 0 aliphatic rings. The third kappa shape index (κ3) is 2.46. The standard InChI is InChI=1S/C10H11ClFNO2/c1-15-10-6(8(14)4-5-13)2-3-7(12)9(10)11/h2-3H,4-5,13H2,1H3. The molecule has 0 radical (unpaired) electrons. The Hall–Kier alpha value is -1.13. The van der Waals surface area contributed by atoms with Gasteiger partial charge in [-0.1, -0.05) is 11.6 Å². The number of hydrogen-bond acceptors (Lipinski definition) is 3. The highest BCUT2D eigenvalue weighted by atomic mass is 35.5. The van der Waals surface area contributed by atoms with Crippen LogP contribution < -0.4 is 10.5 Å². The first kappa shape index (κ1) is 11.9. The number of benzene rings is 1. The van der Waals surface area contributed by atoms with Gasteiger partial charge in [0.1, 0.15) is 10.8 Å². The minimum absolute atomic E-state index is 0.0649. The fourth-order valence-corrected chi connectivity index (χ4v) is 1.46. The third-order valence-corrected chi connectivity index (χ3v) is 2.28. The molecule has 0 heterocycles. The number of Topliss-reactive ketones (excluding diaryl/α,β-unsaturated/α-hetero) is 1. The lowest BCUT2D eigenvalue weighted by molar-refractivity contribution is 0.0982. The molecule has 1 aromatic rings. The second-order valence-electron chi connectivity index (χ2n) is 2.90. The summed E-state index contributed by atoms with van der Waals surface area (Å²) < 4.78 is 17.9. The Morgan fingerprint density at radius 3 is 2.80 bits per heavy atom. The highest BCUT2D eigenvalue weighted by Gasteiger charge is 2.17. The summed E-state index contributed by atoms with van der Waals surface area (Å²) in [4.78, 5) is 11.5. The number of carbonyl (C=O) groups is 1. The van der Waals surface area contributed by atoms with Gasteiger partial charge in [0.25, 0.3) is 0 Å². The lowest BCUT2D eigenvalue weighted by Crippen LogP contribution is -2.09. The third-order valence-electron chi connectivity index (χ3n) is 1.93.